The zero-order valence-corrected chi connectivity index (χ0v) is 12.8. The number of rotatable bonds is 3. The molecule has 5 nitrogen and oxygen atoms in total. The molecule has 2 heterocycles. The molecule has 0 N–H and O–H groups in total. The van der Waals surface area contributed by atoms with Crippen LogP contribution < -0.4 is 4.74 Å². The quantitative estimate of drug-likeness (QED) is 0.873. The van der Waals surface area contributed by atoms with Crippen molar-refractivity contribution in [2.24, 2.45) is 0 Å². The summed E-state index contributed by atoms with van der Waals surface area (Å²) in [6.45, 7) is 5.37. The number of hydrogen-bond donors (Lipinski definition) is 0. The minimum atomic E-state index is -0.00889. The van der Waals surface area contributed by atoms with Crippen molar-refractivity contribution in [2.75, 3.05) is 13.1 Å². The van der Waals surface area contributed by atoms with Crippen LogP contribution in [0.2, 0.25) is 0 Å². The summed E-state index contributed by atoms with van der Waals surface area (Å²) in [5.74, 6) is 0.623. The summed E-state index contributed by atoms with van der Waals surface area (Å²) in [5, 5.41) is 0. The Balaban J connectivity index is 1.64. The van der Waals surface area contributed by atoms with Gasteiger partial charge in [0.25, 0.3) is 5.91 Å². The summed E-state index contributed by atoms with van der Waals surface area (Å²) in [4.78, 5) is 22.3. The number of benzene rings is 1. The van der Waals surface area contributed by atoms with Crippen molar-refractivity contribution in [3.05, 3.63) is 53.5 Å². The van der Waals surface area contributed by atoms with Crippen molar-refractivity contribution in [2.45, 2.75) is 26.4 Å². The molecular formula is C17H19N3O2. The highest BCUT2D eigenvalue weighted by molar-refractivity contribution is 5.94. The first kappa shape index (κ1) is 14.5. The average Bonchev–Trinajstić information content (AvgIpc) is 2.99. The summed E-state index contributed by atoms with van der Waals surface area (Å²) in [7, 11) is 0. The van der Waals surface area contributed by atoms with E-state index in [0.717, 1.165) is 17.5 Å². The van der Waals surface area contributed by atoms with Crippen LogP contribution in [0, 0.1) is 13.8 Å². The lowest BCUT2D eigenvalue weighted by Crippen LogP contribution is -2.31. The Kier molecular flexibility index (Phi) is 4.04. The van der Waals surface area contributed by atoms with Crippen LogP contribution in [-0.2, 0) is 0 Å². The SMILES string of the molecule is Cc1ccc(C(=O)N2CCC(Oc3ccncn3)C2)cc1C. The van der Waals surface area contributed by atoms with Crippen molar-refractivity contribution >= 4 is 5.91 Å². The number of hydrogen-bond acceptors (Lipinski definition) is 4. The highest BCUT2D eigenvalue weighted by Gasteiger charge is 2.28. The van der Waals surface area contributed by atoms with Gasteiger partial charge in [0.15, 0.2) is 0 Å². The molecule has 114 valence electrons. The number of aromatic nitrogens is 2. The van der Waals surface area contributed by atoms with Gasteiger partial charge >= 0.3 is 0 Å². The third-order valence-corrected chi connectivity index (χ3v) is 4.03. The van der Waals surface area contributed by atoms with Crippen LogP contribution in [0.15, 0.2) is 36.8 Å². The monoisotopic (exact) mass is 297 g/mol. The van der Waals surface area contributed by atoms with Crippen molar-refractivity contribution in [3.8, 4) is 5.88 Å². The molecule has 1 atom stereocenters. The van der Waals surface area contributed by atoms with E-state index in [9.17, 15) is 4.79 Å². The van der Waals surface area contributed by atoms with Gasteiger partial charge in [-0.05, 0) is 37.1 Å². The van der Waals surface area contributed by atoms with Crippen LogP contribution >= 0.6 is 0 Å². The molecule has 0 radical (unpaired) electrons. The molecule has 0 aliphatic carbocycles. The fourth-order valence-electron chi connectivity index (χ4n) is 2.58. The largest absolute Gasteiger partial charge is 0.472 e. The smallest absolute Gasteiger partial charge is 0.253 e. The van der Waals surface area contributed by atoms with Gasteiger partial charge in [0.1, 0.15) is 12.4 Å². The molecule has 0 bridgehead atoms. The predicted octanol–water partition coefficient (Wildman–Crippen LogP) is 2.39. The molecular weight excluding hydrogens is 278 g/mol. The molecule has 3 rings (SSSR count). The van der Waals surface area contributed by atoms with E-state index in [1.54, 1.807) is 12.3 Å². The Morgan fingerprint density at radius 1 is 1.27 bits per heavy atom. The van der Waals surface area contributed by atoms with Gasteiger partial charge in [-0.2, -0.15) is 0 Å². The maximum Gasteiger partial charge on any atom is 0.253 e. The van der Waals surface area contributed by atoms with E-state index in [2.05, 4.69) is 9.97 Å². The number of carbonyl (C=O) groups excluding carboxylic acids is 1. The molecule has 1 aliphatic heterocycles. The first-order chi connectivity index (χ1) is 10.6. The molecule has 1 aromatic carbocycles. The van der Waals surface area contributed by atoms with Crippen LogP contribution in [0.3, 0.4) is 0 Å². The first-order valence-electron chi connectivity index (χ1n) is 7.42. The lowest BCUT2D eigenvalue weighted by atomic mass is 10.1. The standard InChI is InChI=1S/C17H19N3O2/c1-12-3-4-14(9-13(12)2)17(21)20-8-6-15(10-20)22-16-5-7-18-11-19-16/h3-5,7,9,11,15H,6,8,10H2,1-2H3. The maximum atomic E-state index is 12.6. The van der Waals surface area contributed by atoms with E-state index in [1.165, 1.54) is 11.9 Å². The maximum absolute atomic E-state index is 12.6. The average molecular weight is 297 g/mol. The van der Waals surface area contributed by atoms with Crippen LogP contribution in [0.4, 0.5) is 0 Å². The van der Waals surface area contributed by atoms with Crippen molar-refractivity contribution < 1.29 is 9.53 Å². The van der Waals surface area contributed by atoms with Crippen LogP contribution in [0.5, 0.6) is 5.88 Å². The van der Waals surface area contributed by atoms with E-state index < -0.39 is 0 Å². The van der Waals surface area contributed by atoms with Crippen LogP contribution in [-0.4, -0.2) is 40.0 Å². The second-order valence-corrected chi connectivity index (χ2v) is 5.63. The Hall–Kier alpha value is -2.43. The third-order valence-electron chi connectivity index (χ3n) is 4.03. The second kappa shape index (κ2) is 6.13. The number of nitrogens with zero attached hydrogens (tertiary/aromatic N) is 3. The Labute approximate surface area is 130 Å². The molecule has 22 heavy (non-hydrogen) atoms. The van der Waals surface area contributed by atoms with Gasteiger partial charge in [0, 0.05) is 30.8 Å². The number of amides is 1. The van der Waals surface area contributed by atoms with Gasteiger partial charge in [0.05, 0.1) is 6.54 Å². The summed E-state index contributed by atoms with van der Waals surface area (Å²) in [6.07, 6.45) is 3.92. The summed E-state index contributed by atoms with van der Waals surface area (Å²) < 4.78 is 5.79. The van der Waals surface area contributed by atoms with Crippen molar-refractivity contribution in [1.29, 1.82) is 0 Å². The molecule has 1 fully saturated rings. The Morgan fingerprint density at radius 2 is 2.14 bits per heavy atom. The molecule has 1 unspecified atom stereocenters. The van der Waals surface area contributed by atoms with Crippen molar-refractivity contribution in [3.63, 3.8) is 0 Å². The predicted molar refractivity (Wildman–Crippen MR) is 82.9 cm³/mol. The normalized spacial score (nSPS) is 17.5. The van der Waals surface area contributed by atoms with Crippen LogP contribution in [0.25, 0.3) is 0 Å². The van der Waals surface area contributed by atoms with E-state index in [4.69, 9.17) is 4.74 Å². The van der Waals surface area contributed by atoms with Gasteiger partial charge in [-0.1, -0.05) is 6.07 Å². The van der Waals surface area contributed by atoms with Crippen LogP contribution in [0.1, 0.15) is 27.9 Å². The van der Waals surface area contributed by atoms with Gasteiger partial charge in [-0.3, -0.25) is 4.79 Å². The second-order valence-electron chi connectivity index (χ2n) is 5.63. The van der Waals surface area contributed by atoms with E-state index in [0.29, 0.717) is 19.0 Å². The molecule has 1 saturated heterocycles. The first-order valence-corrected chi connectivity index (χ1v) is 7.42. The van der Waals surface area contributed by atoms with E-state index in [1.807, 2.05) is 36.9 Å². The number of ether oxygens (including phenoxy) is 1. The minimum Gasteiger partial charge on any atom is -0.472 e. The fourth-order valence-corrected chi connectivity index (χ4v) is 2.58. The van der Waals surface area contributed by atoms with E-state index in [-0.39, 0.29) is 12.0 Å². The molecule has 0 saturated carbocycles. The van der Waals surface area contributed by atoms with Gasteiger partial charge in [0.2, 0.25) is 5.88 Å². The summed E-state index contributed by atoms with van der Waals surface area (Å²) >= 11 is 0. The number of carbonyl (C=O) groups is 1. The van der Waals surface area contributed by atoms with E-state index >= 15 is 0 Å². The highest BCUT2D eigenvalue weighted by atomic mass is 16.5. The Morgan fingerprint density at radius 3 is 2.86 bits per heavy atom. The zero-order chi connectivity index (χ0) is 15.5. The fraction of sp³-hybridized carbons (Fsp3) is 0.353. The topological polar surface area (TPSA) is 55.3 Å². The lowest BCUT2D eigenvalue weighted by molar-refractivity contribution is 0.0771. The molecule has 1 amide bonds. The highest BCUT2D eigenvalue weighted by Crippen LogP contribution is 2.19. The molecule has 1 aromatic heterocycles. The molecule has 0 spiro atoms. The van der Waals surface area contributed by atoms with Gasteiger partial charge in [-0.25, -0.2) is 9.97 Å². The lowest BCUT2D eigenvalue weighted by Gasteiger charge is -2.17. The Bertz CT molecular complexity index is 673. The van der Waals surface area contributed by atoms with Gasteiger partial charge < -0.3 is 9.64 Å². The summed E-state index contributed by atoms with van der Waals surface area (Å²) in [6, 6.07) is 7.57. The van der Waals surface area contributed by atoms with Gasteiger partial charge in [-0.15, -0.1) is 0 Å². The summed E-state index contributed by atoms with van der Waals surface area (Å²) in [5.41, 5.74) is 3.08. The number of likely N-dealkylation sites (tertiary alicyclic amines) is 1. The molecule has 1 aliphatic rings. The van der Waals surface area contributed by atoms with Crippen molar-refractivity contribution in [1.82, 2.24) is 14.9 Å². The zero-order valence-electron chi connectivity index (χ0n) is 12.8. The molecule has 2 aromatic rings. The third kappa shape index (κ3) is 3.08. The minimum absolute atomic E-state index is 0.00889. The molecule has 5 heteroatoms. The number of aryl methyl sites for hydroxylation is 2.